The number of nitro benzene ring substituents is 1. The van der Waals surface area contributed by atoms with Crippen molar-refractivity contribution in [1.29, 1.82) is 5.26 Å². The molecule has 0 aliphatic carbocycles. The van der Waals surface area contributed by atoms with Crippen molar-refractivity contribution in [3.05, 3.63) is 75.8 Å². The molecule has 0 N–H and O–H groups in total. The van der Waals surface area contributed by atoms with Crippen molar-refractivity contribution in [3.63, 3.8) is 0 Å². The largest absolute Gasteiger partial charge is 0.368 e. The maximum Gasteiger partial charge on any atom is 0.270 e. The van der Waals surface area contributed by atoms with E-state index in [1.165, 1.54) is 18.2 Å². The molecule has 1 saturated heterocycles. The Bertz CT molecular complexity index is 952. The van der Waals surface area contributed by atoms with E-state index in [1.807, 2.05) is 24.3 Å². The van der Waals surface area contributed by atoms with Crippen LogP contribution in [-0.2, 0) is 0 Å². The van der Waals surface area contributed by atoms with Gasteiger partial charge in [-0.1, -0.05) is 12.1 Å². The van der Waals surface area contributed by atoms with Crippen LogP contribution in [0.1, 0.15) is 22.8 Å². The van der Waals surface area contributed by atoms with E-state index < -0.39 is 4.92 Å². The first-order valence-electron chi connectivity index (χ1n) is 8.95. The number of nitro groups is 1. The first-order valence-corrected chi connectivity index (χ1v) is 8.95. The summed E-state index contributed by atoms with van der Waals surface area (Å²) in [5.74, 6) is 0.0413. The van der Waals surface area contributed by atoms with Gasteiger partial charge in [-0.05, 0) is 31.2 Å². The summed E-state index contributed by atoms with van der Waals surface area (Å²) in [6.07, 6.45) is 1.44. The summed E-state index contributed by atoms with van der Waals surface area (Å²) in [5.41, 5.74) is 3.09. The number of ketones is 1. The molecule has 0 aromatic heterocycles. The quantitative estimate of drug-likeness (QED) is 0.343. The minimum Gasteiger partial charge on any atom is -0.368 e. The number of carbonyl (C=O) groups is 1. The summed E-state index contributed by atoms with van der Waals surface area (Å²) >= 11 is 0. The van der Waals surface area contributed by atoms with E-state index in [0.29, 0.717) is 29.9 Å². The third-order valence-electron chi connectivity index (χ3n) is 4.81. The second kappa shape index (κ2) is 8.35. The second-order valence-corrected chi connectivity index (χ2v) is 6.54. The molecule has 1 aliphatic rings. The lowest BCUT2D eigenvalue weighted by atomic mass is 10.1. The van der Waals surface area contributed by atoms with E-state index in [4.69, 9.17) is 0 Å². The molecular formula is C21H20N4O3. The fourth-order valence-corrected chi connectivity index (χ4v) is 3.31. The van der Waals surface area contributed by atoms with E-state index in [-0.39, 0.29) is 11.5 Å². The van der Waals surface area contributed by atoms with Gasteiger partial charge in [-0.3, -0.25) is 14.9 Å². The Morgan fingerprint density at radius 3 is 2.36 bits per heavy atom. The lowest BCUT2D eigenvalue weighted by Crippen LogP contribution is -2.45. The molecule has 0 radical (unpaired) electrons. The molecule has 28 heavy (non-hydrogen) atoms. The standard InChI is InChI=1S/C21H20N4O3/c1-16(26)17-5-7-19(8-6-17)23-11-13-24(14-12-23)21(9-10-22)18-3-2-4-20(15-18)25(27)28/h2-9,15H,11-14H2,1H3/b21-9-. The van der Waals surface area contributed by atoms with Crippen LogP contribution < -0.4 is 4.90 Å². The fourth-order valence-electron chi connectivity index (χ4n) is 3.31. The van der Waals surface area contributed by atoms with Crippen molar-refractivity contribution in [2.24, 2.45) is 0 Å². The summed E-state index contributed by atoms with van der Waals surface area (Å²) in [7, 11) is 0. The molecule has 142 valence electrons. The van der Waals surface area contributed by atoms with Gasteiger partial charge >= 0.3 is 0 Å². The van der Waals surface area contributed by atoms with Gasteiger partial charge in [-0.15, -0.1) is 0 Å². The number of allylic oxidation sites excluding steroid dienone is 1. The molecule has 3 rings (SSSR count). The Hall–Kier alpha value is -3.66. The van der Waals surface area contributed by atoms with Crippen LogP contribution in [0.3, 0.4) is 0 Å². The molecule has 0 saturated carbocycles. The van der Waals surface area contributed by atoms with Crippen LogP contribution in [0.2, 0.25) is 0 Å². The van der Waals surface area contributed by atoms with Crippen molar-refractivity contribution in [2.75, 3.05) is 31.1 Å². The van der Waals surface area contributed by atoms with Gasteiger partial charge in [-0.25, -0.2) is 0 Å². The van der Waals surface area contributed by atoms with Gasteiger partial charge in [0.05, 0.1) is 16.7 Å². The number of nitrogens with zero attached hydrogens (tertiary/aromatic N) is 4. The van der Waals surface area contributed by atoms with Crippen LogP contribution in [0.5, 0.6) is 0 Å². The fraction of sp³-hybridized carbons (Fsp3) is 0.238. The topological polar surface area (TPSA) is 90.5 Å². The Morgan fingerprint density at radius 1 is 1.11 bits per heavy atom. The average molecular weight is 376 g/mol. The van der Waals surface area contributed by atoms with Crippen molar-refractivity contribution in [1.82, 2.24) is 4.90 Å². The number of anilines is 1. The monoisotopic (exact) mass is 376 g/mol. The number of carbonyl (C=O) groups excluding carboxylic acids is 1. The highest BCUT2D eigenvalue weighted by Gasteiger charge is 2.21. The lowest BCUT2D eigenvalue weighted by molar-refractivity contribution is -0.384. The minimum atomic E-state index is -0.434. The molecule has 1 heterocycles. The Morgan fingerprint density at radius 2 is 1.79 bits per heavy atom. The van der Waals surface area contributed by atoms with Crippen molar-refractivity contribution >= 4 is 22.9 Å². The Balaban J connectivity index is 1.74. The van der Waals surface area contributed by atoms with Crippen LogP contribution >= 0.6 is 0 Å². The lowest BCUT2D eigenvalue weighted by Gasteiger charge is -2.38. The highest BCUT2D eigenvalue weighted by molar-refractivity contribution is 5.94. The predicted octanol–water partition coefficient (Wildman–Crippen LogP) is 3.48. The maximum atomic E-state index is 11.4. The van der Waals surface area contributed by atoms with E-state index in [2.05, 4.69) is 15.9 Å². The number of rotatable bonds is 5. The smallest absolute Gasteiger partial charge is 0.270 e. The maximum absolute atomic E-state index is 11.4. The molecule has 2 aromatic rings. The van der Waals surface area contributed by atoms with Gasteiger partial charge in [-0.2, -0.15) is 5.26 Å². The van der Waals surface area contributed by atoms with Gasteiger partial charge in [0.15, 0.2) is 5.78 Å². The zero-order valence-corrected chi connectivity index (χ0v) is 15.5. The van der Waals surface area contributed by atoms with Gasteiger partial charge in [0.2, 0.25) is 0 Å². The third-order valence-corrected chi connectivity index (χ3v) is 4.81. The van der Waals surface area contributed by atoms with Gasteiger partial charge < -0.3 is 9.80 Å². The van der Waals surface area contributed by atoms with Crippen LogP contribution in [0.15, 0.2) is 54.6 Å². The number of piperazine rings is 1. The molecule has 0 unspecified atom stereocenters. The normalized spacial score (nSPS) is 14.5. The van der Waals surface area contributed by atoms with E-state index in [9.17, 15) is 20.2 Å². The first-order chi connectivity index (χ1) is 13.5. The van der Waals surface area contributed by atoms with Crippen LogP contribution in [0.4, 0.5) is 11.4 Å². The van der Waals surface area contributed by atoms with Gasteiger partial charge in [0.1, 0.15) is 0 Å². The summed E-state index contributed by atoms with van der Waals surface area (Å²) in [6, 6.07) is 15.9. The van der Waals surface area contributed by atoms with Crippen LogP contribution in [-0.4, -0.2) is 41.8 Å². The molecule has 0 bridgehead atoms. The van der Waals surface area contributed by atoms with Crippen LogP contribution in [0, 0.1) is 21.4 Å². The summed E-state index contributed by atoms with van der Waals surface area (Å²) < 4.78 is 0. The van der Waals surface area contributed by atoms with E-state index >= 15 is 0 Å². The number of hydrogen-bond donors (Lipinski definition) is 0. The molecule has 0 spiro atoms. The zero-order chi connectivity index (χ0) is 20.1. The third kappa shape index (κ3) is 4.18. The number of Topliss-reactive ketones (excluding diaryl/α,β-unsaturated/α-hetero) is 1. The van der Waals surface area contributed by atoms with Gasteiger partial charge in [0.25, 0.3) is 5.69 Å². The summed E-state index contributed by atoms with van der Waals surface area (Å²) in [5, 5.41) is 20.2. The Labute approximate surface area is 163 Å². The SMILES string of the molecule is CC(=O)c1ccc(N2CCN(/C(=C\C#N)c3cccc([N+](=O)[O-])c3)CC2)cc1. The molecule has 7 heteroatoms. The highest BCUT2D eigenvalue weighted by atomic mass is 16.6. The molecule has 0 atom stereocenters. The van der Waals surface area contributed by atoms with Crippen molar-refractivity contribution < 1.29 is 9.72 Å². The molecule has 0 amide bonds. The van der Waals surface area contributed by atoms with Gasteiger partial charge in [0, 0.05) is 61.2 Å². The van der Waals surface area contributed by atoms with E-state index in [0.717, 1.165) is 18.8 Å². The van der Waals surface area contributed by atoms with Crippen molar-refractivity contribution in [2.45, 2.75) is 6.92 Å². The highest BCUT2D eigenvalue weighted by Crippen LogP contribution is 2.26. The number of non-ortho nitro benzene ring substituents is 1. The number of hydrogen-bond acceptors (Lipinski definition) is 6. The second-order valence-electron chi connectivity index (χ2n) is 6.54. The number of nitriles is 1. The molecular weight excluding hydrogens is 356 g/mol. The zero-order valence-electron chi connectivity index (χ0n) is 15.5. The first kappa shape index (κ1) is 19.1. The predicted molar refractivity (Wildman–Crippen MR) is 107 cm³/mol. The van der Waals surface area contributed by atoms with Crippen LogP contribution in [0.25, 0.3) is 5.70 Å². The Kier molecular flexibility index (Phi) is 5.70. The molecule has 2 aromatic carbocycles. The molecule has 7 nitrogen and oxygen atoms in total. The average Bonchev–Trinajstić information content (AvgIpc) is 2.72. The van der Waals surface area contributed by atoms with E-state index in [1.54, 1.807) is 19.1 Å². The minimum absolute atomic E-state index is 0.00513. The van der Waals surface area contributed by atoms with Crippen molar-refractivity contribution in [3.8, 4) is 6.07 Å². The molecule has 1 aliphatic heterocycles. The summed E-state index contributed by atoms with van der Waals surface area (Å²) in [4.78, 5) is 26.3. The summed E-state index contributed by atoms with van der Waals surface area (Å²) in [6.45, 7) is 4.41. The number of benzene rings is 2. The molecule has 1 fully saturated rings.